The van der Waals surface area contributed by atoms with Gasteiger partial charge >= 0.3 is 0 Å². The Balaban J connectivity index is 1.66. The van der Waals surface area contributed by atoms with E-state index in [4.69, 9.17) is 9.47 Å². The van der Waals surface area contributed by atoms with Gasteiger partial charge < -0.3 is 19.3 Å². The van der Waals surface area contributed by atoms with Crippen molar-refractivity contribution < 1.29 is 19.1 Å². The van der Waals surface area contributed by atoms with E-state index in [0.29, 0.717) is 19.6 Å². The lowest BCUT2D eigenvalue weighted by Crippen LogP contribution is -2.58. The van der Waals surface area contributed by atoms with Gasteiger partial charge in [0.25, 0.3) is 0 Å². The summed E-state index contributed by atoms with van der Waals surface area (Å²) in [5.41, 5.74) is 0.426. The van der Waals surface area contributed by atoms with Gasteiger partial charge in [0.1, 0.15) is 17.1 Å². The number of nitrogens with zero attached hydrogens (tertiary/aromatic N) is 2. The molecule has 0 unspecified atom stereocenters. The molecule has 3 aliphatic rings. The first kappa shape index (κ1) is 17.2. The minimum absolute atomic E-state index is 0.0299. The molecule has 0 N–H and O–H groups in total. The van der Waals surface area contributed by atoms with E-state index in [1.165, 1.54) is 0 Å². The molecule has 26 heavy (non-hydrogen) atoms. The Labute approximate surface area is 154 Å². The molecule has 140 valence electrons. The summed E-state index contributed by atoms with van der Waals surface area (Å²) in [6.07, 6.45) is 3.73. The molecule has 1 saturated carbocycles. The van der Waals surface area contributed by atoms with Gasteiger partial charge in [0.15, 0.2) is 0 Å². The van der Waals surface area contributed by atoms with E-state index in [-0.39, 0.29) is 17.7 Å². The summed E-state index contributed by atoms with van der Waals surface area (Å²) in [4.78, 5) is 28.6. The highest BCUT2D eigenvalue weighted by Crippen LogP contribution is 2.38. The SMILES string of the molecule is COc1ccc2c(c1)O[C@@]1(CCCN(C(=O)C3CC3)C1)CN(C(C)=O)C2. The maximum absolute atomic E-state index is 12.6. The molecule has 2 fully saturated rings. The zero-order valence-electron chi connectivity index (χ0n) is 15.5. The molecule has 2 heterocycles. The molecule has 1 aromatic rings. The van der Waals surface area contributed by atoms with Crippen LogP contribution in [0.15, 0.2) is 18.2 Å². The van der Waals surface area contributed by atoms with Crippen molar-refractivity contribution >= 4 is 11.8 Å². The average molecular weight is 358 g/mol. The molecule has 6 nitrogen and oxygen atoms in total. The Kier molecular flexibility index (Phi) is 4.29. The fraction of sp³-hybridized carbons (Fsp3) is 0.600. The number of amides is 2. The standard InChI is InChI=1S/C20H26N2O4/c1-14(23)22-11-16-6-7-17(25-2)10-18(16)26-20(13-22)8-3-9-21(12-20)19(24)15-4-5-15/h6-7,10,15H,3-5,8-9,11-13H2,1-2H3/t20-/m1/s1. The van der Waals surface area contributed by atoms with Crippen LogP contribution in [0.4, 0.5) is 0 Å². The maximum atomic E-state index is 12.6. The normalized spacial score (nSPS) is 25.3. The van der Waals surface area contributed by atoms with Gasteiger partial charge in [-0.2, -0.15) is 0 Å². The molecule has 1 aliphatic carbocycles. The van der Waals surface area contributed by atoms with Gasteiger partial charge in [-0.3, -0.25) is 9.59 Å². The molecule has 1 atom stereocenters. The summed E-state index contributed by atoms with van der Waals surface area (Å²) < 4.78 is 11.9. The van der Waals surface area contributed by atoms with Gasteiger partial charge in [0.05, 0.1) is 20.2 Å². The lowest BCUT2D eigenvalue weighted by Gasteiger charge is -2.43. The van der Waals surface area contributed by atoms with E-state index < -0.39 is 5.60 Å². The predicted octanol–water partition coefficient (Wildman–Crippen LogP) is 2.21. The summed E-state index contributed by atoms with van der Waals surface area (Å²) in [5.74, 6) is 1.97. The van der Waals surface area contributed by atoms with E-state index in [1.54, 1.807) is 14.0 Å². The number of methoxy groups -OCH3 is 1. The number of carbonyl (C=O) groups excluding carboxylic acids is 2. The Hall–Kier alpha value is -2.24. The smallest absolute Gasteiger partial charge is 0.225 e. The van der Waals surface area contributed by atoms with Crippen LogP contribution in [0.1, 0.15) is 38.2 Å². The highest BCUT2D eigenvalue weighted by atomic mass is 16.5. The molecule has 0 aromatic heterocycles. The number of benzene rings is 1. The fourth-order valence-corrected chi connectivity index (χ4v) is 4.07. The van der Waals surface area contributed by atoms with Gasteiger partial charge in [0, 0.05) is 37.6 Å². The van der Waals surface area contributed by atoms with Gasteiger partial charge in [-0.05, 0) is 37.8 Å². The van der Waals surface area contributed by atoms with Crippen molar-refractivity contribution in [2.75, 3.05) is 26.7 Å². The molecule has 1 spiro atoms. The summed E-state index contributed by atoms with van der Waals surface area (Å²) >= 11 is 0. The zero-order chi connectivity index (χ0) is 18.3. The lowest BCUT2D eigenvalue weighted by molar-refractivity contribution is -0.141. The molecule has 0 bridgehead atoms. The predicted molar refractivity (Wildman–Crippen MR) is 96.0 cm³/mol. The van der Waals surface area contributed by atoms with Gasteiger partial charge in [-0.25, -0.2) is 0 Å². The first-order valence-corrected chi connectivity index (χ1v) is 9.40. The number of hydrogen-bond donors (Lipinski definition) is 0. The quantitative estimate of drug-likeness (QED) is 0.813. The van der Waals surface area contributed by atoms with Crippen LogP contribution in [-0.4, -0.2) is 54.0 Å². The third kappa shape index (κ3) is 3.24. The Bertz CT molecular complexity index is 731. The van der Waals surface area contributed by atoms with E-state index in [0.717, 1.165) is 49.3 Å². The summed E-state index contributed by atoms with van der Waals surface area (Å²) in [6, 6.07) is 5.74. The van der Waals surface area contributed by atoms with Crippen molar-refractivity contribution in [2.45, 2.75) is 44.8 Å². The number of piperidine rings is 1. The number of ether oxygens (including phenoxy) is 2. The van der Waals surface area contributed by atoms with Crippen LogP contribution >= 0.6 is 0 Å². The van der Waals surface area contributed by atoms with Crippen molar-refractivity contribution in [2.24, 2.45) is 5.92 Å². The second-order valence-corrected chi connectivity index (χ2v) is 7.77. The van der Waals surface area contributed by atoms with Gasteiger partial charge in [-0.1, -0.05) is 0 Å². The monoisotopic (exact) mass is 358 g/mol. The third-order valence-electron chi connectivity index (χ3n) is 5.66. The van der Waals surface area contributed by atoms with Crippen LogP contribution in [0.2, 0.25) is 0 Å². The highest BCUT2D eigenvalue weighted by Gasteiger charge is 2.45. The largest absolute Gasteiger partial charge is 0.497 e. The molecule has 2 aliphatic heterocycles. The minimum atomic E-state index is -0.550. The van der Waals surface area contributed by atoms with E-state index in [9.17, 15) is 9.59 Å². The van der Waals surface area contributed by atoms with Crippen molar-refractivity contribution in [3.63, 3.8) is 0 Å². The summed E-state index contributed by atoms with van der Waals surface area (Å²) in [6.45, 7) is 3.95. The lowest BCUT2D eigenvalue weighted by atomic mass is 9.91. The van der Waals surface area contributed by atoms with Crippen LogP contribution in [0.3, 0.4) is 0 Å². The Morgan fingerprint density at radius 3 is 2.69 bits per heavy atom. The highest BCUT2D eigenvalue weighted by molar-refractivity contribution is 5.81. The number of rotatable bonds is 2. The van der Waals surface area contributed by atoms with E-state index >= 15 is 0 Å². The molecule has 1 saturated heterocycles. The van der Waals surface area contributed by atoms with Crippen molar-refractivity contribution in [3.05, 3.63) is 23.8 Å². The summed E-state index contributed by atoms with van der Waals surface area (Å²) in [5, 5.41) is 0. The van der Waals surface area contributed by atoms with E-state index in [1.807, 2.05) is 28.0 Å². The van der Waals surface area contributed by atoms with Gasteiger partial charge in [-0.15, -0.1) is 0 Å². The number of fused-ring (bicyclic) bond motifs is 1. The van der Waals surface area contributed by atoms with Crippen LogP contribution in [0.25, 0.3) is 0 Å². The molecule has 6 heteroatoms. The first-order chi connectivity index (χ1) is 12.5. The van der Waals surface area contributed by atoms with E-state index in [2.05, 4.69) is 0 Å². The third-order valence-corrected chi connectivity index (χ3v) is 5.66. The fourth-order valence-electron chi connectivity index (χ4n) is 4.07. The zero-order valence-corrected chi connectivity index (χ0v) is 15.5. The number of likely N-dealkylation sites (tertiary alicyclic amines) is 1. The van der Waals surface area contributed by atoms with Crippen molar-refractivity contribution in [1.82, 2.24) is 9.80 Å². The van der Waals surface area contributed by atoms with Crippen molar-refractivity contribution in [1.29, 1.82) is 0 Å². The second-order valence-electron chi connectivity index (χ2n) is 7.77. The number of carbonyl (C=O) groups is 2. The minimum Gasteiger partial charge on any atom is -0.497 e. The number of hydrogen-bond acceptors (Lipinski definition) is 4. The van der Waals surface area contributed by atoms with Crippen LogP contribution in [-0.2, 0) is 16.1 Å². The second kappa shape index (κ2) is 6.49. The maximum Gasteiger partial charge on any atom is 0.225 e. The first-order valence-electron chi connectivity index (χ1n) is 9.40. The Morgan fingerprint density at radius 2 is 2.00 bits per heavy atom. The molecular weight excluding hydrogens is 332 g/mol. The van der Waals surface area contributed by atoms with Crippen molar-refractivity contribution in [3.8, 4) is 11.5 Å². The molecular formula is C20H26N2O4. The van der Waals surface area contributed by atoms with Crippen LogP contribution in [0.5, 0.6) is 11.5 Å². The summed E-state index contributed by atoms with van der Waals surface area (Å²) in [7, 11) is 1.63. The average Bonchev–Trinajstić information content (AvgIpc) is 3.47. The molecule has 2 amide bonds. The molecule has 1 aromatic carbocycles. The van der Waals surface area contributed by atoms with Crippen LogP contribution in [0, 0.1) is 5.92 Å². The molecule has 0 radical (unpaired) electrons. The molecule has 4 rings (SSSR count). The van der Waals surface area contributed by atoms with Gasteiger partial charge in [0.2, 0.25) is 11.8 Å². The topological polar surface area (TPSA) is 59.1 Å². The van der Waals surface area contributed by atoms with Crippen LogP contribution < -0.4 is 9.47 Å². The Morgan fingerprint density at radius 1 is 1.23 bits per heavy atom.